The smallest absolute Gasteiger partial charge is 0.0221 e. The quantitative estimate of drug-likeness (QED) is 0.746. The Morgan fingerprint density at radius 1 is 1.22 bits per heavy atom. The average molecular weight is 254 g/mol. The molecule has 1 aliphatic heterocycles. The molecule has 1 heterocycles. The Hall–Kier alpha value is -0.0800. The van der Waals surface area contributed by atoms with Crippen molar-refractivity contribution in [2.45, 2.75) is 84.8 Å². The van der Waals surface area contributed by atoms with Gasteiger partial charge in [0.05, 0.1) is 0 Å². The minimum atomic E-state index is 0.705. The highest BCUT2D eigenvalue weighted by Crippen LogP contribution is 2.20. The molecule has 0 aromatic heterocycles. The zero-order valence-electron chi connectivity index (χ0n) is 13.2. The van der Waals surface area contributed by atoms with Gasteiger partial charge < -0.3 is 5.32 Å². The fraction of sp³-hybridized carbons (Fsp3) is 1.00. The molecule has 18 heavy (non-hydrogen) atoms. The second kappa shape index (κ2) is 8.16. The Labute approximate surface area is 115 Å². The number of piperazine rings is 1. The van der Waals surface area contributed by atoms with Crippen molar-refractivity contribution in [3.05, 3.63) is 0 Å². The van der Waals surface area contributed by atoms with Gasteiger partial charge in [0.15, 0.2) is 0 Å². The van der Waals surface area contributed by atoms with Crippen LogP contribution < -0.4 is 5.32 Å². The highest BCUT2D eigenvalue weighted by molar-refractivity contribution is 4.88. The molecular formula is C16H34N2. The minimum absolute atomic E-state index is 0.705. The highest BCUT2D eigenvalue weighted by atomic mass is 15.2. The van der Waals surface area contributed by atoms with Crippen LogP contribution in [-0.2, 0) is 0 Å². The fourth-order valence-electron chi connectivity index (χ4n) is 3.20. The van der Waals surface area contributed by atoms with Gasteiger partial charge in [0.2, 0.25) is 0 Å². The number of hydrogen-bond donors (Lipinski definition) is 1. The topological polar surface area (TPSA) is 15.3 Å². The molecule has 0 aromatic carbocycles. The molecule has 0 aromatic rings. The van der Waals surface area contributed by atoms with E-state index in [1.165, 1.54) is 45.2 Å². The van der Waals surface area contributed by atoms with Crippen molar-refractivity contribution < 1.29 is 0 Å². The van der Waals surface area contributed by atoms with Crippen molar-refractivity contribution in [1.29, 1.82) is 0 Å². The lowest BCUT2D eigenvalue weighted by molar-refractivity contribution is 0.0757. The molecule has 1 saturated heterocycles. The summed E-state index contributed by atoms with van der Waals surface area (Å²) < 4.78 is 0. The summed E-state index contributed by atoms with van der Waals surface area (Å²) in [7, 11) is 0. The maximum Gasteiger partial charge on any atom is 0.0221 e. The van der Waals surface area contributed by atoms with E-state index in [4.69, 9.17) is 0 Å². The maximum atomic E-state index is 3.75. The van der Waals surface area contributed by atoms with E-state index >= 15 is 0 Å². The van der Waals surface area contributed by atoms with E-state index in [9.17, 15) is 0 Å². The molecule has 1 fully saturated rings. The van der Waals surface area contributed by atoms with Crippen LogP contribution in [0.3, 0.4) is 0 Å². The van der Waals surface area contributed by atoms with Gasteiger partial charge in [-0.3, -0.25) is 4.90 Å². The minimum Gasteiger partial charge on any atom is -0.311 e. The number of rotatable bonds is 7. The first-order valence-corrected chi connectivity index (χ1v) is 8.07. The lowest BCUT2D eigenvalue weighted by atomic mass is 9.96. The van der Waals surface area contributed by atoms with Crippen molar-refractivity contribution in [3.8, 4) is 0 Å². The molecule has 0 aliphatic carbocycles. The standard InChI is InChI=1S/C16H34N2/c1-6-8-9-14(5)18-12-15(10-13(3)4)17-11-16(18)7-2/h13-17H,6-12H2,1-5H3. The van der Waals surface area contributed by atoms with E-state index in [0.717, 1.165) is 18.0 Å². The van der Waals surface area contributed by atoms with Crippen molar-refractivity contribution in [2.24, 2.45) is 5.92 Å². The van der Waals surface area contributed by atoms with Crippen LogP contribution in [0.5, 0.6) is 0 Å². The van der Waals surface area contributed by atoms with Gasteiger partial charge >= 0.3 is 0 Å². The zero-order valence-corrected chi connectivity index (χ0v) is 13.2. The monoisotopic (exact) mass is 254 g/mol. The van der Waals surface area contributed by atoms with Crippen LogP contribution in [0.15, 0.2) is 0 Å². The van der Waals surface area contributed by atoms with E-state index in [0.29, 0.717) is 6.04 Å². The summed E-state index contributed by atoms with van der Waals surface area (Å²) in [6, 6.07) is 2.21. The second-order valence-corrected chi connectivity index (χ2v) is 6.48. The zero-order chi connectivity index (χ0) is 13.5. The molecule has 3 atom stereocenters. The van der Waals surface area contributed by atoms with Gasteiger partial charge in [-0.2, -0.15) is 0 Å². The van der Waals surface area contributed by atoms with Crippen molar-refractivity contribution in [3.63, 3.8) is 0 Å². The Kier molecular flexibility index (Phi) is 7.25. The Morgan fingerprint density at radius 2 is 1.94 bits per heavy atom. The normalized spacial score (nSPS) is 27.7. The lowest BCUT2D eigenvalue weighted by Gasteiger charge is -2.44. The van der Waals surface area contributed by atoms with Crippen LogP contribution in [0.4, 0.5) is 0 Å². The number of hydrogen-bond acceptors (Lipinski definition) is 2. The number of nitrogens with zero attached hydrogens (tertiary/aromatic N) is 1. The van der Waals surface area contributed by atoms with E-state index in [1.54, 1.807) is 0 Å². The molecule has 1 aliphatic rings. The van der Waals surface area contributed by atoms with Gasteiger partial charge in [-0.05, 0) is 32.1 Å². The van der Waals surface area contributed by atoms with Gasteiger partial charge in [0.1, 0.15) is 0 Å². The summed E-state index contributed by atoms with van der Waals surface area (Å²) in [6.45, 7) is 14.1. The summed E-state index contributed by atoms with van der Waals surface area (Å²) in [4.78, 5) is 2.78. The van der Waals surface area contributed by atoms with Crippen LogP contribution >= 0.6 is 0 Å². The van der Waals surface area contributed by atoms with Crippen molar-refractivity contribution >= 4 is 0 Å². The summed E-state index contributed by atoms with van der Waals surface area (Å²) in [5, 5.41) is 3.75. The van der Waals surface area contributed by atoms with E-state index in [2.05, 4.69) is 44.8 Å². The van der Waals surface area contributed by atoms with Gasteiger partial charge in [-0.25, -0.2) is 0 Å². The molecule has 2 heteroatoms. The van der Waals surface area contributed by atoms with Crippen LogP contribution in [0, 0.1) is 5.92 Å². The number of nitrogens with one attached hydrogen (secondary N) is 1. The predicted molar refractivity (Wildman–Crippen MR) is 81.0 cm³/mol. The first-order chi connectivity index (χ1) is 8.58. The van der Waals surface area contributed by atoms with E-state index in [-0.39, 0.29) is 0 Å². The highest BCUT2D eigenvalue weighted by Gasteiger charge is 2.29. The van der Waals surface area contributed by atoms with Gasteiger partial charge in [0.25, 0.3) is 0 Å². The van der Waals surface area contributed by atoms with Crippen molar-refractivity contribution in [1.82, 2.24) is 10.2 Å². The van der Waals surface area contributed by atoms with Crippen LogP contribution in [0.2, 0.25) is 0 Å². The van der Waals surface area contributed by atoms with Gasteiger partial charge in [-0.15, -0.1) is 0 Å². The fourth-order valence-corrected chi connectivity index (χ4v) is 3.20. The maximum absolute atomic E-state index is 3.75. The summed E-state index contributed by atoms with van der Waals surface area (Å²) in [5.74, 6) is 0.800. The largest absolute Gasteiger partial charge is 0.311 e. The van der Waals surface area contributed by atoms with Crippen LogP contribution in [0.25, 0.3) is 0 Å². The SMILES string of the molecule is CCCCC(C)N1CC(CC(C)C)NCC1CC. The third kappa shape index (κ3) is 4.89. The molecule has 0 spiro atoms. The van der Waals surface area contributed by atoms with Crippen molar-refractivity contribution in [2.75, 3.05) is 13.1 Å². The molecular weight excluding hydrogens is 220 g/mol. The number of unbranched alkanes of at least 4 members (excludes halogenated alkanes) is 1. The van der Waals surface area contributed by atoms with E-state index in [1.807, 2.05) is 0 Å². The Bertz CT molecular complexity index is 215. The molecule has 1 rings (SSSR count). The Morgan fingerprint density at radius 3 is 2.50 bits per heavy atom. The molecule has 0 bridgehead atoms. The second-order valence-electron chi connectivity index (χ2n) is 6.48. The predicted octanol–water partition coefficient (Wildman–Crippen LogP) is 3.66. The average Bonchev–Trinajstić information content (AvgIpc) is 2.35. The third-order valence-electron chi connectivity index (χ3n) is 4.31. The van der Waals surface area contributed by atoms with Gasteiger partial charge in [-0.1, -0.05) is 40.5 Å². The summed E-state index contributed by atoms with van der Waals surface area (Å²) in [6.07, 6.45) is 6.64. The first kappa shape index (κ1) is 16.0. The lowest BCUT2D eigenvalue weighted by Crippen LogP contribution is -2.59. The summed E-state index contributed by atoms with van der Waals surface area (Å²) in [5.41, 5.74) is 0. The molecule has 0 amide bonds. The molecule has 3 unspecified atom stereocenters. The molecule has 0 radical (unpaired) electrons. The molecule has 108 valence electrons. The third-order valence-corrected chi connectivity index (χ3v) is 4.31. The summed E-state index contributed by atoms with van der Waals surface area (Å²) >= 11 is 0. The van der Waals surface area contributed by atoms with Crippen LogP contribution in [-0.4, -0.2) is 36.1 Å². The van der Waals surface area contributed by atoms with E-state index < -0.39 is 0 Å². The van der Waals surface area contributed by atoms with Crippen LogP contribution in [0.1, 0.15) is 66.7 Å². The molecule has 2 nitrogen and oxygen atoms in total. The molecule has 0 saturated carbocycles. The van der Waals surface area contributed by atoms with Gasteiger partial charge in [0, 0.05) is 31.2 Å². The Balaban J connectivity index is 2.52. The molecule has 1 N–H and O–H groups in total. The first-order valence-electron chi connectivity index (χ1n) is 8.07.